The lowest BCUT2D eigenvalue weighted by molar-refractivity contribution is -0.139. The lowest BCUT2D eigenvalue weighted by atomic mass is 10.00. The van der Waals surface area contributed by atoms with E-state index in [1.165, 1.54) is 16.8 Å². The highest BCUT2D eigenvalue weighted by Crippen LogP contribution is 2.39. The molecule has 0 unspecified atom stereocenters. The van der Waals surface area contributed by atoms with Crippen LogP contribution >= 0.6 is 0 Å². The van der Waals surface area contributed by atoms with Gasteiger partial charge in [-0.1, -0.05) is 26.8 Å². The second-order valence-electron chi connectivity index (χ2n) is 7.19. The molecule has 0 aliphatic carbocycles. The third-order valence-corrected chi connectivity index (χ3v) is 4.29. The lowest BCUT2D eigenvalue weighted by Gasteiger charge is -2.19. The minimum Gasteiger partial charge on any atom is -0.493 e. The van der Waals surface area contributed by atoms with E-state index in [4.69, 9.17) is 4.74 Å². The van der Waals surface area contributed by atoms with Crippen molar-refractivity contribution < 1.29 is 17.9 Å². The number of imidazole rings is 1. The van der Waals surface area contributed by atoms with Crippen LogP contribution in [0.1, 0.15) is 32.8 Å². The summed E-state index contributed by atoms with van der Waals surface area (Å²) in [7, 11) is 0. The summed E-state index contributed by atoms with van der Waals surface area (Å²) in [6, 6.07) is 5.79. The Bertz CT molecular complexity index is 918. The van der Waals surface area contributed by atoms with Crippen molar-refractivity contribution >= 4 is 5.65 Å². The topological polar surface area (TPSA) is 39.4 Å². The third kappa shape index (κ3) is 4.40. The van der Waals surface area contributed by atoms with Gasteiger partial charge in [0.1, 0.15) is 5.75 Å². The first-order chi connectivity index (χ1) is 12.8. The minimum atomic E-state index is -4.51. The molecule has 3 aromatic rings. The van der Waals surface area contributed by atoms with Crippen LogP contribution in [0.25, 0.3) is 16.8 Å². The van der Waals surface area contributed by atoms with Crippen molar-refractivity contribution in [3.05, 3.63) is 48.4 Å². The number of aromatic nitrogens is 3. The van der Waals surface area contributed by atoms with Crippen LogP contribution in [0.2, 0.25) is 0 Å². The van der Waals surface area contributed by atoms with Gasteiger partial charge in [0.25, 0.3) is 0 Å². The fourth-order valence-electron chi connectivity index (χ4n) is 3.21. The maximum Gasteiger partial charge on any atom is 0.419 e. The second kappa shape index (κ2) is 7.58. The second-order valence-corrected chi connectivity index (χ2v) is 7.19. The quantitative estimate of drug-likeness (QED) is 0.571. The molecule has 0 amide bonds. The molecule has 1 aromatic carbocycles. The summed E-state index contributed by atoms with van der Waals surface area (Å²) in [6.07, 6.45) is 1.14. The summed E-state index contributed by atoms with van der Waals surface area (Å²) in [4.78, 5) is 4.18. The first-order valence-corrected chi connectivity index (χ1v) is 8.88. The molecule has 4 nitrogen and oxygen atoms in total. The Labute approximate surface area is 156 Å². The van der Waals surface area contributed by atoms with Gasteiger partial charge in [-0.05, 0) is 42.0 Å². The standard InChI is InChI=1S/C20H22F3N3O/c1-13(2)10-14(3)12-27-18-5-4-15(11-17(18)20(21,22)23)16-6-7-25-26-9-8-24-19(16)26/h4-9,11,13-14H,10,12H2,1-3H3/t14-/m1/s1. The van der Waals surface area contributed by atoms with Crippen LogP contribution in [0.5, 0.6) is 5.75 Å². The van der Waals surface area contributed by atoms with E-state index < -0.39 is 11.7 Å². The van der Waals surface area contributed by atoms with Gasteiger partial charge >= 0.3 is 6.18 Å². The zero-order chi connectivity index (χ0) is 19.6. The molecular formula is C20H22F3N3O. The highest BCUT2D eigenvalue weighted by atomic mass is 19.4. The van der Waals surface area contributed by atoms with Crippen LogP contribution in [-0.4, -0.2) is 21.2 Å². The maximum absolute atomic E-state index is 13.6. The molecule has 0 saturated heterocycles. The highest BCUT2D eigenvalue weighted by Gasteiger charge is 2.35. The Kier molecular flexibility index (Phi) is 5.39. The van der Waals surface area contributed by atoms with Crippen molar-refractivity contribution in [3.63, 3.8) is 0 Å². The van der Waals surface area contributed by atoms with Gasteiger partial charge in [0.15, 0.2) is 5.65 Å². The van der Waals surface area contributed by atoms with Gasteiger partial charge < -0.3 is 4.74 Å². The molecule has 0 spiro atoms. The zero-order valence-corrected chi connectivity index (χ0v) is 15.5. The molecule has 2 heterocycles. The van der Waals surface area contributed by atoms with Crippen molar-refractivity contribution in [3.8, 4) is 16.9 Å². The Morgan fingerprint density at radius 2 is 1.89 bits per heavy atom. The number of rotatable bonds is 6. The van der Waals surface area contributed by atoms with Crippen molar-refractivity contribution in [1.82, 2.24) is 14.6 Å². The summed E-state index contributed by atoms with van der Waals surface area (Å²) in [6.45, 7) is 6.39. The van der Waals surface area contributed by atoms with Gasteiger partial charge in [-0.2, -0.15) is 18.3 Å². The normalized spacial score (nSPS) is 13.3. The number of nitrogens with zero attached hydrogens (tertiary/aromatic N) is 3. The van der Waals surface area contributed by atoms with E-state index in [1.807, 2.05) is 6.92 Å². The van der Waals surface area contributed by atoms with Crippen molar-refractivity contribution in [2.24, 2.45) is 11.8 Å². The predicted molar refractivity (Wildman–Crippen MR) is 97.5 cm³/mol. The van der Waals surface area contributed by atoms with E-state index in [0.29, 0.717) is 22.7 Å². The Morgan fingerprint density at radius 1 is 1.11 bits per heavy atom. The van der Waals surface area contributed by atoms with Crippen molar-refractivity contribution in [2.45, 2.75) is 33.4 Å². The number of ether oxygens (including phenoxy) is 1. The van der Waals surface area contributed by atoms with Crippen LogP contribution in [-0.2, 0) is 6.18 Å². The molecule has 0 bridgehead atoms. The molecular weight excluding hydrogens is 355 g/mol. The van der Waals surface area contributed by atoms with E-state index in [-0.39, 0.29) is 18.3 Å². The van der Waals surface area contributed by atoms with Crippen molar-refractivity contribution in [1.29, 1.82) is 0 Å². The SMILES string of the molecule is CC(C)C[C@@H](C)COc1ccc(-c2ccnn3ccnc23)cc1C(F)(F)F. The molecule has 1 atom stereocenters. The molecule has 27 heavy (non-hydrogen) atoms. The highest BCUT2D eigenvalue weighted by molar-refractivity contribution is 5.77. The largest absolute Gasteiger partial charge is 0.493 e. The number of hydrogen-bond acceptors (Lipinski definition) is 3. The summed E-state index contributed by atoms with van der Waals surface area (Å²) in [5.41, 5.74) is 0.729. The Balaban J connectivity index is 1.94. The van der Waals surface area contributed by atoms with Crippen LogP contribution in [0.15, 0.2) is 42.9 Å². The first kappa shape index (κ1) is 19.2. The monoisotopic (exact) mass is 377 g/mol. The van der Waals surface area contributed by atoms with Gasteiger partial charge in [-0.25, -0.2) is 9.50 Å². The lowest BCUT2D eigenvalue weighted by Crippen LogP contribution is -2.14. The third-order valence-electron chi connectivity index (χ3n) is 4.29. The van der Waals surface area contributed by atoms with Gasteiger partial charge in [-0.15, -0.1) is 0 Å². The van der Waals surface area contributed by atoms with Gasteiger partial charge in [0, 0.05) is 24.2 Å². The molecule has 7 heteroatoms. The summed E-state index contributed by atoms with van der Waals surface area (Å²) >= 11 is 0. The van der Waals surface area contributed by atoms with Crippen LogP contribution in [0.3, 0.4) is 0 Å². The molecule has 0 aliphatic heterocycles. The van der Waals surface area contributed by atoms with Gasteiger partial charge in [-0.3, -0.25) is 0 Å². The molecule has 3 rings (SSSR count). The minimum absolute atomic E-state index is 0.143. The van der Waals surface area contributed by atoms with E-state index in [1.54, 1.807) is 24.5 Å². The molecule has 144 valence electrons. The van der Waals surface area contributed by atoms with E-state index in [9.17, 15) is 13.2 Å². The van der Waals surface area contributed by atoms with Crippen LogP contribution in [0.4, 0.5) is 13.2 Å². The number of alkyl halides is 3. The molecule has 0 radical (unpaired) electrons. The smallest absolute Gasteiger partial charge is 0.419 e. The molecule has 2 aromatic heterocycles. The summed E-state index contributed by atoms with van der Waals surface area (Å²) in [5.74, 6) is 0.502. The Morgan fingerprint density at radius 3 is 2.59 bits per heavy atom. The molecule has 0 saturated carbocycles. The number of hydrogen-bond donors (Lipinski definition) is 0. The van der Waals surface area contributed by atoms with E-state index in [2.05, 4.69) is 23.9 Å². The fraction of sp³-hybridized carbons (Fsp3) is 0.400. The molecule has 0 fully saturated rings. The summed E-state index contributed by atoms with van der Waals surface area (Å²) < 4.78 is 47.9. The van der Waals surface area contributed by atoms with Gasteiger partial charge in [0.05, 0.1) is 12.2 Å². The van der Waals surface area contributed by atoms with Crippen LogP contribution < -0.4 is 4.74 Å². The molecule has 0 aliphatic rings. The fourth-order valence-corrected chi connectivity index (χ4v) is 3.21. The average molecular weight is 377 g/mol. The maximum atomic E-state index is 13.6. The number of halogens is 3. The predicted octanol–water partition coefficient (Wildman–Crippen LogP) is 5.48. The van der Waals surface area contributed by atoms with Crippen LogP contribution in [0, 0.1) is 11.8 Å². The van der Waals surface area contributed by atoms with E-state index >= 15 is 0 Å². The van der Waals surface area contributed by atoms with Gasteiger partial charge in [0.2, 0.25) is 0 Å². The number of fused-ring (bicyclic) bond motifs is 1. The van der Waals surface area contributed by atoms with E-state index in [0.717, 1.165) is 12.5 Å². The molecule has 0 N–H and O–H groups in total. The number of benzene rings is 1. The first-order valence-electron chi connectivity index (χ1n) is 8.88. The van der Waals surface area contributed by atoms with Crippen molar-refractivity contribution in [2.75, 3.05) is 6.61 Å². The average Bonchev–Trinajstić information content (AvgIpc) is 3.07. The zero-order valence-electron chi connectivity index (χ0n) is 15.5. The summed E-state index contributed by atoms with van der Waals surface area (Å²) in [5, 5.41) is 4.10. The Hall–Kier alpha value is -2.57.